The summed E-state index contributed by atoms with van der Waals surface area (Å²) in [5.74, 6) is 0.484. The normalized spacial score (nSPS) is 22.0. The number of benzene rings is 2. The molecule has 8 nitrogen and oxygen atoms in total. The second kappa shape index (κ2) is 14.1. The third-order valence-electron chi connectivity index (χ3n) is 8.81. The van der Waals surface area contributed by atoms with Gasteiger partial charge in [0.25, 0.3) is 0 Å². The molecule has 0 atom stereocenters. The molecule has 1 heterocycles. The SMILES string of the molecule is COc1cc(C)c(S(=O)(=O)N(C)CCOCC(=O)NC2CCC(Cc3ccccc3)(N3CCCCC3)CC2)c(C)c1. The molecule has 1 N–H and O–H groups in total. The first-order valence-electron chi connectivity index (χ1n) is 14.9. The maximum absolute atomic E-state index is 13.2. The fourth-order valence-corrected chi connectivity index (χ4v) is 8.15. The highest BCUT2D eigenvalue weighted by atomic mass is 32.2. The van der Waals surface area contributed by atoms with E-state index in [2.05, 4.69) is 40.5 Å². The van der Waals surface area contributed by atoms with Crippen LogP contribution in [0.2, 0.25) is 0 Å². The lowest BCUT2D eigenvalue weighted by Gasteiger charge is -2.50. The highest BCUT2D eigenvalue weighted by Gasteiger charge is 2.41. The predicted octanol–water partition coefficient (Wildman–Crippen LogP) is 4.48. The number of likely N-dealkylation sites (N-methyl/N-ethyl adjacent to an activating group) is 1. The molecule has 1 saturated carbocycles. The molecule has 1 aliphatic heterocycles. The fourth-order valence-electron chi connectivity index (χ4n) is 6.59. The molecule has 9 heteroatoms. The van der Waals surface area contributed by atoms with Crippen molar-refractivity contribution in [2.45, 2.75) is 81.7 Å². The van der Waals surface area contributed by atoms with Crippen LogP contribution < -0.4 is 10.1 Å². The zero-order valence-corrected chi connectivity index (χ0v) is 26.0. The molecule has 0 bridgehead atoms. The van der Waals surface area contributed by atoms with Crippen LogP contribution in [0.3, 0.4) is 0 Å². The van der Waals surface area contributed by atoms with Gasteiger partial charge in [-0.1, -0.05) is 36.8 Å². The van der Waals surface area contributed by atoms with Crippen molar-refractivity contribution < 1.29 is 22.7 Å². The highest BCUT2D eigenvalue weighted by Crippen LogP contribution is 2.38. The molecule has 0 radical (unpaired) electrons. The zero-order valence-electron chi connectivity index (χ0n) is 25.2. The molecule has 2 aliphatic rings. The van der Waals surface area contributed by atoms with Crippen LogP contribution in [0.25, 0.3) is 0 Å². The summed E-state index contributed by atoms with van der Waals surface area (Å²) in [5.41, 5.74) is 2.82. The molecule has 2 fully saturated rings. The van der Waals surface area contributed by atoms with E-state index in [0.717, 1.165) is 32.1 Å². The Morgan fingerprint density at radius 3 is 2.29 bits per heavy atom. The summed E-state index contributed by atoms with van der Waals surface area (Å²) >= 11 is 0. The molecule has 2 aromatic carbocycles. The Labute approximate surface area is 246 Å². The van der Waals surface area contributed by atoms with Crippen molar-refractivity contribution in [2.24, 2.45) is 0 Å². The number of ether oxygens (including phenoxy) is 2. The monoisotopic (exact) mass is 585 g/mol. The molecule has 2 aromatic rings. The smallest absolute Gasteiger partial charge is 0.246 e. The summed E-state index contributed by atoms with van der Waals surface area (Å²) < 4.78 is 38.5. The molecular formula is C32H47N3O5S. The largest absolute Gasteiger partial charge is 0.497 e. The predicted molar refractivity (Wildman–Crippen MR) is 162 cm³/mol. The minimum atomic E-state index is -3.70. The van der Waals surface area contributed by atoms with Gasteiger partial charge in [0.15, 0.2) is 0 Å². The van der Waals surface area contributed by atoms with Crippen LogP contribution in [0.4, 0.5) is 0 Å². The lowest BCUT2D eigenvalue weighted by atomic mass is 9.73. The number of hydrogen-bond acceptors (Lipinski definition) is 6. The number of aryl methyl sites for hydroxylation is 2. The van der Waals surface area contributed by atoms with E-state index >= 15 is 0 Å². The van der Waals surface area contributed by atoms with Gasteiger partial charge < -0.3 is 14.8 Å². The Kier molecular flexibility index (Phi) is 10.9. The summed E-state index contributed by atoms with van der Waals surface area (Å²) in [6, 6.07) is 14.4. The molecule has 1 amide bonds. The average Bonchev–Trinajstić information content (AvgIpc) is 2.96. The molecule has 1 saturated heterocycles. The quantitative estimate of drug-likeness (QED) is 0.370. The topological polar surface area (TPSA) is 88.2 Å². The van der Waals surface area contributed by atoms with Crippen LogP contribution in [0.1, 0.15) is 61.6 Å². The van der Waals surface area contributed by atoms with Crippen molar-refractivity contribution >= 4 is 15.9 Å². The second-order valence-electron chi connectivity index (χ2n) is 11.7. The zero-order chi connectivity index (χ0) is 29.5. The first-order valence-corrected chi connectivity index (χ1v) is 16.4. The Balaban J connectivity index is 1.24. The minimum absolute atomic E-state index is 0.0771. The van der Waals surface area contributed by atoms with Crippen LogP contribution in [0.15, 0.2) is 47.4 Å². The lowest BCUT2D eigenvalue weighted by molar-refractivity contribution is -0.127. The standard InChI is InChI=1S/C32H47N3O5S/c1-25-21-29(39-4)22-26(2)31(25)41(37,38)34(3)19-20-40-24-30(36)33-28-13-15-32(16-14-28,35-17-9-6-10-18-35)23-27-11-7-5-8-12-27/h5,7-8,11-12,21-22,28H,6,9-10,13-20,23-24H2,1-4H3,(H,33,36). The van der Waals surface area contributed by atoms with Gasteiger partial charge in [-0.3, -0.25) is 9.69 Å². The number of hydrogen-bond donors (Lipinski definition) is 1. The number of rotatable bonds is 12. The summed E-state index contributed by atoms with van der Waals surface area (Å²) in [4.78, 5) is 15.7. The Bertz CT molecular complexity index is 1230. The maximum atomic E-state index is 13.2. The van der Waals surface area contributed by atoms with Crippen molar-refractivity contribution in [3.8, 4) is 5.75 Å². The van der Waals surface area contributed by atoms with Crippen molar-refractivity contribution in [2.75, 3.05) is 47.0 Å². The van der Waals surface area contributed by atoms with Crippen LogP contribution in [0.5, 0.6) is 5.75 Å². The number of nitrogens with zero attached hydrogens (tertiary/aromatic N) is 2. The number of carbonyl (C=O) groups excluding carboxylic acids is 1. The van der Waals surface area contributed by atoms with Gasteiger partial charge in [0.05, 0.1) is 18.6 Å². The number of amides is 1. The van der Waals surface area contributed by atoms with E-state index in [0.29, 0.717) is 16.9 Å². The van der Waals surface area contributed by atoms with E-state index in [4.69, 9.17) is 9.47 Å². The summed E-state index contributed by atoms with van der Waals surface area (Å²) in [6.45, 7) is 6.07. The minimum Gasteiger partial charge on any atom is -0.497 e. The first-order chi connectivity index (χ1) is 19.6. The molecule has 0 unspecified atom stereocenters. The Morgan fingerprint density at radius 1 is 1.05 bits per heavy atom. The molecule has 41 heavy (non-hydrogen) atoms. The van der Waals surface area contributed by atoms with Gasteiger partial charge in [0.1, 0.15) is 12.4 Å². The second-order valence-corrected chi connectivity index (χ2v) is 13.7. The third kappa shape index (κ3) is 7.89. The van der Waals surface area contributed by atoms with Gasteiger partial charge in [0.2, 0.25) is 15.9 Å². The Morgan fingerprint density at radius 2 is 1.68 bits per heavy atom. The molecule has 226 valence electrons. The molecule has 0 spiro atoms. The van der Waals surface area contributed by atoms with E-state index in [9.17, 15) is 13.2 Å². The van der Waals surface area contributed by atoms with Gasteiger partial charge in [-0.05, 0) is 101 Å². The highest BCUT2D eigenvalue weighted by molar-refractivity contribution is 7.89. The number of piperidine rings is 1. The van der Waals surface area contributed by atoms with E-state index in [-0.39, 0.29) is 42.1 Å². The maximum Gasteiger partial charge on any atom is 0.246 e. The van der Waals surface area contributed by atoms with E-state index in [1.54, 1.807) is 33.1 Å². The van der Waals surface area contributed by atoms with E-state index in [1.165, 1.54) is 49.3 Å². The van der Waals surface area contributed by atoms with E-state index < -0.39 is 10.0 Å². The van der Waals surface area contributed by atoms with Gasteiger partial charge in [-0.2, -0.15) is 4.31 Å². The molecular weight excluding hydrogens is 538 g/mol. The van der Waals surface area contributed by atoms with Crippen LogP contribution in [0, 0.1) is 13.8 Å². The van der Waals surface area contributed by atoms with E-state index in [1.807, 2.05) is 0 Å². The average molecular weight is 586 g/mol. The van der Waals surface area contributed by atoms with Gasteiger partial charge >= 0.3 is 0 Å². The van der Waals surface area contributed by atoms with Gasteiger partial charge in [0, 0.05) is 25.2 Å². The number of carbonyl (C=O) groups is 1. The summed E-state index contributed by atoms with van der Waals surface area (Å²) in [6.07, 6.45) is 8.96. The van der Waals surface area contributed by atoms with Crippen molar-refractivity contribution in [1.29, 1.82) is 0 Å². The fraction of sp³-hybridized carbons (Fsp3) is 0.594. The number of sulfonamides is 1. The Hall–Kier alpha value is -2.46. The van der Waals surface area contributed by atoms with Crippen LogP contribution >= 0.6 is 0 Å². The van der Waals surface area contributed by atoms with Gasteiger partial charge in [-0.25, -0.2) is 8.42 Å². The molecule has 1 aliphatic carbocycles. The van der Waals surface area contributed by atoms with Crippen LogP contribution in [-0.2, 0) is 26.0 Å². The molecule has 4 rings (SSSR count). The van der Waals surface area contributed by atoms with Crippen molar-refractivity contribution in [1.82, 2.24) is 14.5 Å². The van der Waals surface area contributed by atoms with Gasteiger partial charge in [-0.15, -0.1) is 0 Å². The van der Waals surface area contributed by atoms with Crippen molar-refractivity contribution in [3.05, 3.63) is 59.2 Å². The molecule has 0 aromatic heterocycles. The number of methoxy groups -OCH3 is 1. The third-order valence-corrected chi connectivity index (χ3v) is 11.0. The summed E-state index contributed by atoms with van der Waals surface area (Å²) in [5, 5.41) is 3.17. The summed E-state index contributed by atoms with van der Waals surface area (Å²) in [7, 11) is -0.602. The lowest BCUT2D eigenvalue weighted by Crippen LogP contribution is -2.56. The first kappa shape index (κ1) is 31.5. The number of likely N-dealkylation sites (tertiary alicyclic amines) is 1. The van der Waals surface area contributed by atoms with Crippen LogP contribution in [-0.4, -0.2) is 82.1 Å². The number of nitrogens with one attached hydrogen (secondary N) is 1. The van der Waals surface area contributed by atoms with Crippen molar-refractivity contribution in [3.63, 3.8) is 0 Å².